The summed E-state index contributed by atoms with van der Waals surface area (Å²) in [5, 5.41) is 6.92. The van der Waals surface area contributed by atoms with Crippen LogP contribution in [0.1, 0.15) is 18.2 Å². The number of hydrogen-bond donors (Lipinski definition) is 2. The summed E-state index contributed by atoms with van der Waals surface area (Å²) in [5.41, 5.74) is 2.29. The smallest absolute Gasteiger partial charge is 0.224 e. The van der Waals surface area contributed by atoms with Crippen LogP contribution in [-0.2, 0) is 12.8 Å². The number of nitrogens with one attached hydrogen (secondary N) is 2. The van der Waals surface area contributed by atoms with Crippen molar-refractivity contribution in [2.24, 2.45) is 0 Å². The van der Waals surface area contributed by atoms with Gasteiger partial charge in [-0.15, -0.1) is 0 Å². The maximum absolute atomic E-state index is 5.89. The van der Waals surface area contributed by atoms with Crippen LogP contribution in [0.2, 0.25) is 5.28 Å². The first-order valence-corrected chi connectivity index (χ1v) is 5.69. The Kier molecular flexibility index (Phi) is 3.38. The Morgan fingerprint density at radius 2 is 2.13 bits per heavy atom. The van der Waals surface area contributed by atoms with E-state index in [2.05, 4.69) is 27.5 Å². The van der Waals surface area contributed by atoms with Gasteiger partial charge in [0, 0.05) is 25.1 Å². The second-order valence-corrected chi connectivity index (χ2v) is 3.88. The first-order chi connectivity index (χ1) is 7.31. The minimum absolute atomic E-state index is 0.339. The summed E-state index contributed by atoms with van der Waals surface area (Å²) >= 11 is 5.89. The molecule has 82 valence electrons. The largest absolute Gasteiger partial charge is 0.370 e. The predicted octanol–water partition coefficient (Wildman–Crippen LogP) is 1.25. The third-order valence-electron chi connectivity index (χ3n) is 2.50. The second kappa shape index (κ2) is 4.77. The van der Waals surface area contributed by atoms with Crippen molar-refractivity contribution in [3.63, 3.8) is 0 Å². The number of nitrogens with zero attached hydrogens (tertiary/aromatic N) is 2. The van der Waals surface area contributed by atoms with Crippen LogP contribution in [0.4, 0.5) is 5.82 Å². The van der Waals surface area contributed by atoms with E-state index in [0.29, 0.717) is 5.28 Å². The molecule has 0 fully saturated rings. The highest BCUT2D eigenvalue weighted by Crippen LogP contribution is 2.21. The Bertz CT molecular complexity index is 354. The van der Waals surface area contributed by atoms with Crippen LogP contribution in [0.25, 0.3) is 0 Å². The van der Waals surface area contributed by atoms with Gasteiger partial charge in [0.15, 0.2) is 0 Å². The van der Waals surface area contributed by atoms with Crippen molar-refractivity contribution in [2.45, 2.75) is 19.8 Å². The highest BCUT2D eigenvalue weighted by molar-refractivity contribution is 6.28. The molecule has 1 aliphatic heterocycles. The van der Waals surface area contributed by atoms with E-state index in [-0.39, 0.29) is 0 Å². The highest BCUT2D eigenvalue weighted by Gasteiger charge is 2.15. The van der Waals surface area contributed by atoms with Crippen molar-refractivity contribution in [1.29, 1.82) is 0 Å². The zero-order chi connectivity index (χ0) is 10.7. The van der Waals surface area contributed by atoms with Gasteiger partial charge in [0.2, 0.25) is 5.28 Å². The van der Waals surface area contributed by atoms with E-state index < -0.39 is 0 Å². The molecule has 0 amide bonds. The Morgan fingerprint density at radius 1 is 1.33 bits per heavy atom. The number of rotatable bonds is 2. The van der Waals surface area contributed by atoms with E-state index in [1.807, 2.05) is 0 Å². The molecule has 0 saturated carbocycles. The third-order valence-corrected chi connectivity index (χ3v) is 2.67. The number of aromatic nitrogens is 2. The molecular weight excluding hydrogens is 212 g/mol. The minimum atomic E-state index is 0.339. The van der Waals surface area contributed by atoms with E-state index in [9.17, 15) is 0 Å². The summed E-state index contributed by atoms with van der Waals surface area (Å²) in [6.07, 6.45) is 1.89. The van der Waals surface area contributed by atoms with Gasteiger partial charge in [-0.25, -0.2) is 9.97 Å². The molecule has 0 unspecified atom stereocenters. The summed E-state index contributed by atoms with van der Waals surface area (Å²) in [5.74, 6) is 0.899. The van der Waals surface area contributed by atoms with Crippen LogP contribution >= 0.6 is 11.6 Å². The molecule has 1 aromatic heterocycles. The molecule has 5 heteroatoms. The second-order valence-electron chi connectivity index (χ2n) is 3.55. The normalized spacial score (nSPS) is 15.6. The lowest BCUT2D eigenvalue weighted by Gasteiger charge is -2.11. The molecule has 2 N–H and O–H groups in total. The molecular formula is C10H15ClN4. The zero-order valence-corrected chi connectivity index (χ0v) is 9.56. The van der Waals surface area contributed by atoms with Crippen LogP contribution in [0, 0.1) is 0 Å². The Labute approximate surface area is 94.5 Å². The first-order valence-electron chi connectivity index (χ1n) is 5.31. The van der Waals surface area contributed by atoms with E-state index >= 15 is 0 Å². The molecule has 2 rings (SSSR count). The van der Waals surface area contributed by atoms with Crippen LogP contribution in [-0.4, -0.2) is 29.6 Å². The van der Waals surface area contributed by atoms with Crippen LogP contribution in [0.3, 0.4) is 0 Å². The van der Waals surface area contributed by atoms with Gasteiger partial charge in [-0.2, -0.15) is 0 Å². The highest BCUT2D eigenvalue weighted by atomic mass is 35.5. The average Bonchev–Trinajstić information content (AvgIpc) is 2.43. The lowest BCUT2D eigenvalue weighted by molar-refractivity contribution is 0.708. The quantitative estimate of drug-likeness (QED) is 0.746. The maximum Gasteiger partial charge on any atom is 0.224 e. The summed E-state index contributed by atoms with van der Waals surface area (Å²) in [4.78, 5) is 8.52. The number of fused-ring (bicyclic) bond motifs is 1. The van der Waals surface area contributed by atoms with E-state index in [4.69, 9.17) is 11.6 Å². The summed E-state index contributed by atoms with van der Waals surface area (Å²) in [6.45, 7) is 4.85. The molecule has 0 aromatic carbocycles. The summed E-state index contributed by atoms with van der Waals surface area (Å²) < 4.78 is 0. The van der Waals surface area contributed by atoms with Gasteiger partial charge in [-0.1, -0.05) is 0 Å². The molecule has 0 bridgehead atoms. The fourth-order valence-corrected chi connectivity index (χ4v) is 2.02. The number of hydrogen-bond acceptors (Lipinski definition) is 4. The number of anilines is 1. The Hall–Kier alpha value is -0.870. The molecule has 0 aliphatic carbocycles. The van der Waals surface area contributed by atoms with Gasteiger partial charge >= 0.3 is 0 Å². The Balaban J connectivity index is 2.40. The van der Waals surface area contributed by atoms with Gasteiger partial charge in [-0.05, 0) is 31.5 Å². The van der Waals surface area contributed by atoms with Crippen molar-refractivity contribution in [1.82, 2.24) is 15.3 Å². The molecule has 4 nitrogen and oxygen atoms in total. The van der Waals surface area contributed by atoms with Gasteiger partial charge in [0.25, 0.3) is 0 Å². The minimum Gasteiger partial charge on any atom is -0.370 e. The van der Waals surface area contributed by atoms with E-state index in [1.165, 1.54) is 5.56 Å². The van der Waals surface area contributed by atoms with Crippen molar-refractivity contribution in [3.8, 4) is 0 Å². The standard InChI is InChI=1S/C10H15ClN4/c1-2-13-9-7-3-5-12-6-4-8(7)14-10(11)15-9/h12H,2-6H2,1H3,(H,13,14,15). The molecule has 1 aromatic rings. The molecule has 0 radical (unpaired) electrons. The Morgan fingerprint density at radius 3 is 2.93 bits per heavy atom. The average molecular weight is 227 g/mol. The monoisotopic (exact) mass is 226 g/mol. The molecule has 0 atom stereocenters. The van der Waals surface area contributed by atoms with Crippen molar-refractivity contribution >= 4 is 17.4 Å². The van der Waals surface area contributed by atoms with Crippen molar-refractivity contribution in [3.05, 3.63) is 16.5 Å². The molecule has 0 spiro atoms. The van der Waals surface area contributed by atoms with Crippen molar-refractivity contribution < 1.29 is 0 Å². The SMILES string of the molecule is CCNc1nc(Cl)nc2c1CCNCC2. The van der Waals surface area contributed by atoms with Crippen LogP contribution in [0.5, 0.6) is 0 Å². The molecule has 1 aliphatic rings. The van der Waals surface area contributed by atoms with Crippen LogP contribution < -0.4 is 10.6 Å². The number of halogens is 1. The van der Waals surface area contributed by atoms with E-state index in [1.54, 1.807) is 0 Å². The summed E-state index contributed by atoms with van der Waals surface area (Å²) in [6, 6.07) is 0. The predicted molar refractivity (Wildman–Crippen MR) is 61.5 cm³/mol. The van der Waals surface area contributed by atoms with Gasteiger partial charge in [-0.3, -0.25) is 0 Å². The third kappa shape index (κ3) is 2.38. The topological polar surface area (TPSA) is 49.8 Å². The van der Waals surface area contributed by atoms with E-state index in [0.717, 1.165) is 44.0 Å². The zero-order valence-electron chi connectivity index (χ0n) is 8.81. The molecule has 15 heavy (non-hydrogen) atoms. The van der Waals surface area contributed by atoms with Gasteiger partial charge in [0.1, 0.15) is 5.82 Å². The molecule has 0 saturated heterocycles. The lowest BCUT2D eigenvalue weighted by atomic mass is 10.1. The lowest BCUT2D eigenvalue weighted by Crippen LogP contribution is -2.16. The maximum atomic E-state index is 5.89. The van der Waals surface area contributed by atoms with Crippen molar-refractivity contribution in [2.75, 3.05) is 25.0 Å². The van der Waals surface area contributed by atoms with Gasteiger partial charge < -0.3 is 10.6 Å². The van der Waals surface area contributed by atoms with Gasteiger partial charge in [0.05, 0.1) is 5.69 Å². The fraction of sp³-hybridized carbons (Fsp3) is 0.600. The first kappa shape index (κ1) is 10.6. The summed E-state index contributed by atoms with van der Waals surface area (Å²) in [7, 11) is 0. The van der Waals surface area contributed by atoms with Crippen LogP contribution in [0.15, 0.2) is 0 Å². The molecule has 2 heterocycles. The fourth-order valence-electron chi connectivity index (χ4n) is 1.83.